The van der Waals surface area contributed by atoms with Crippen LogP contribution in [0.1, 0.15) is 30.1 Å². The van der Waals surface area contributed by atoms with Crippen molar-refractivity contribution in [2.24, 2.45) is 5.92 Å². The summed E-state index contributed by atoms with van der Waals surface area (Å²) in [5.41, 5.74) is 0.624. The third kappa shape index (κ3) is 3.93. The molecule has 0 radical (unpaired) electrons. The van der Waals surface area contributed by atoms with E-state index in [2.05, 4.69) is 27.6 Å². The van der Waals surface area contributed by atoms with Crippen LogP contribution in [0.15, 0.2) is 18.3 Å². The molecular weight excluding hydrogens is 252 g/mol. The molecule has 1 saturated heterocycles. The Morgan fingerprint density at radius 2 is 2.40 bits per heavy atom. The Labute approximate surface area is 120 Å². The number of carbonyl (C=O) groups excluding carboxylic acids is 1. The predicted octanol–water partition coefficient (Wildman–Crippen LogP) is 1.58. The maximum atomic E-state index is 12.3. The smallest absolute Gasteiger partial charge is 0.255 e. The normalized spacial score (nSPS) is 19.6. The van der Waals surface area contributed by atoms with Crippen molar-refractivity contribution in [3.63, 3.8) is 0 Å². The maximum absolute atomic E-state index is 12.3. The molecule has 0 aliphatic carbocycles. The van der Waals surface area contributed by atoms with Crippen LogP contribution in [0.2, 0.25) is 0 Å². The Morgan fingerprint density at radius 1 is 1.55 bits per heavy atom. The Balaban J connectivity index is 1.91. The van der Waals surface area contributed by atoms with E-state index in [1.807, 2.05) is 13.0 Å². The number of carbonyl (C=O) groups is 1. The summed E-state index contributed by atoms with van der Waals surface area (Å²) in [6.45, 7) is 5.72. The second-order valence-electron chi connectivity index (χ2n) is 5.41. The van der Waals surface area contributed by atoms with Gasteiger partial charge in [-0.25, -0.2) is 4.98 Å². The molecule has 110 valence electrons. The number of nitrogens with one attached hydrogen (secondary N) is 2. The van der Waals surface area contributed by atoms with Crippen LogP contribution in [-0.4, -0.2) is 49.0 Å². The summed E-state index contributed by atoms with van der Waals surface area (Å²) in [6, 6.07) is 3.61. The van der Waals surface area contributed by atoms with Gasteiger partial charge in [0.05, 0.1) is 5.56 Å². The van der Waals surface area contributed by atoms with Crippen LogP contribution in [0.3, 0.4) is 0 Å². The van der Waals surface area contributed by atoms with Gasteiger partial charge in [-0.3, -0.25) is 4.79 Å². The zero-order valence-electron chi connectivity index (χ0n) is 12.4. The number of piperidine rings is 1. The fourth-order valence-corrected chi connectivity index (χ4v) is 2.67. The summed E-state index contributed by atoms with van der Waals surface area (Å²) in [7, 11) is 2.14. The van der Waals surface area contributed by atoms with Crippen molar-refractivity contribution < 1.29 is 4.79 Å². The number of nitrogens with zero attached hydrogens (tertiary/aromatic N) is 2. The molecule has 1 aromatic rings. The summed E-state index contributed by atoms with van der Waals surface area (Å²) in [6.07, 6.45) is 4.11. The number of anilines is 1. The van der Waals surface area contributed by atoms with Gasteiger partial charge in [0, 0.05) is 25.8 Å². The second-order valence-corrected chi connectivity index (χ2v) is 5.41. The topological polar surface area (TPSA) is 57.3 Å². The highest BCUT2D eigenvalue weighted by Gasteiger charge is 2.19. The Morgan fingerprint density at radius 3 is 3.15 bits per heavy atom. The van der Waals surface area contributed by atoms with Gasteiger partial charge in [-0.2, -0.15) is 0 Å². The summed E-state index contributed by atoms with van der Waals surface area (Å²) >= 11 is 0. The first kappa shape index (κ1) is 14.8. The molecule has 0 spiro atoms. The molecule has 0 bridgehead atoms. The summed E-state index contributed by atoms with van der Waals surface area (Å²) < 4.78 is 0. The van der Waals surface area contributed by atoms with Crippen LogP contribution in [-0.2, 0) is 0 Å². The standard InChI is InChI=1S/C15H24N4O/c1-3-16-14-13(7-4-8-17-14)15(20)18-10-12-6-5-9-19(2)11-12/h4,7-8,12H,3,5-6,9-11H2,1-2H3,(H,16,17)(H,18,20). The van der Waals surface area contributed by atoms with E-state index >= 15 is 0 Å². The van der Waals surface area contributed by atoms with E-state index in [0.717, 1.165) is 26.2 Å². The molecule has 1 amide bonds. The van der Waals surface area contributed by atoms with Crippen molar-refractivity contribution in [3.05, 3.63) is 23.9 Å². The van der Waals surface area contributed by atoms with E-state index in [1.165, 1.54) is 12.8 Å². The van der Waals surface area contributed by atoms with Crippen LogP contribution >= 0.6 is 0 Å². The number of aromatic nitrogens is 1. The zero-order chi connectivity index (χ0) is 14.4. The van der Waals surface area contributed by atoms with Crippen LogP contribution in [0, 0.1) is 5.92 Å². The van der Waals surface area contributed by atoms with Crippen molar-refractivity contribution in [1.29, 1.82) is 0 Å². The molecule has 1 aliphatic heterocycles. The van der Waals surface area contributed by atoms with Crippen LogP contribution in [0.25, 0.3) is 0 Å². The third-order valence-electron chi connectivity index (χ3n) is 3.67. The number of amides is 1. The van der Waals surface area contributed by atoms with E-state index in [9.17, 15) is 4.79 Å². The molecule has 2 rings (SSSR count). The fourth-order valence-electron chi connectivity index (χ4n) is 2.67. The minimum atomic E-state index is -0.0396. The monoisotopic (exact) mass is 276 g/mol. The lowest BCUT2D eigenvalue weighted by Crippen LogP contribution is -2.39. The Bertz CT molecular complexity index is 449. The average Bonchev–Trinajstić information content (AvgIpc) is 2.46. The van der Waals surface area contributed by atoms with Gasteiger partial charge < -0.3 is 15.5 Å². The van der Waals surface area contributed by atoms with Gasteiger partial charge in [0.1, 0.15) is 5.82 Å². The van der Waals surface area contributed by atoms with Crippen molar-refractivity contribution in [2.75, 3.05) is 38.5 Å². The molecule has 5 heteroatoms. The number of hydrogen-bond donors (Lipinski definition) is 2. The van der Waals surface area contributed by atoms with Gasteiger partial charge in [-0.15, -0.1) is 0 Å². The van der Waals surface area contributed by atoms with Crippen molar-refractivity contribution in [1.82, 2.24) is 15.2 Å². The molecule has 20 heavy (non-hydrogen) atoms. The molecule has 1 fully saturated rings. The molecule has 0 saturated carbocycles. The van der Waals surface area contributed by atoms with Gasteiger partial charge in [-0.05, 0) is 51.4 Å². The molecule has 5 nitrogen and oxygen atoms in total. The van der Waals surface area contributed by atoms with Crippen molar-refractivity contribution >= 4 is 11.7 Å². The van der Waals surface area contributed by atoms with Gasteiger partial charge in [0.25, 0.3) is 5.91 Å². The molecule has 0 aromatic carbocycles. The van der Waals surface area contributed by atoms with Crippen molar-refractivity contribution in [3.8, 4) is 0 Å². The van der Waals surface area contributed by atoms with Crippen LogP contribution in [0.4, 0.5) is 5.82 Å². The van der Waals surface area contributed by atoms with Gasteiger partial charge >= 0.3 is 0 Å². The minimum Gasteiger partial charge on any atom is -0.370 e. The molecule has 1 unspecified atom stereocenters. The first-order valence-corrected chi connectivity index (χ1v) is 7.36. The number of likely N-dealkylation sites (tertiary alicyclic amines) is 1. The largest absolute Gasteiger partial charge is 0.370 e. The molecule has 2 heterocycles. The van der Waals surface area contributed by atoms with E-state index in [1.54, 1.807) is 12.3 Å². The predicted molar refractivity (Wildman–Crippen MR) is 81.0 cm³/mol. The van der Waals surface area contributed by atoms with E-state index < -0.39 is 0 Å². The summed E-state index contributed by atoms with van der Waals surface area (Å²) in [5.74, 6) is 1.17. The Kier molecular flexibility index (Phi) is 5.35. The molecular formula is C15H24N4O. The summed E-state index contributed by atoms with van der Waals surface area (Å²) in [5, 5.41) is 6.16. The highest BCUT2D eigenvalue weighted by atomic mass is 16.1. The average molecular weight is 276 g/mol. The van der Waals surface area contributed by atoms with Crippen LogP contribution in [0.5, 0.6) is 0 Å². The lowest BCUT2D eigenvalue weighted by atomic mass is 9.98. The minimum absolute atomic E-state index is 0.0396. The fraction of sp³-hybridized carbons (Fsp3) is 0.600. The number of rotatable bonds is 5. The molecule has 1 aliphatic rings. The third-order valence-corrected chi connectivity index (χ3v) is 3.67. The lowest BCUT2D eigenvalue weighted by Gasteiger charge is -2.29. The first-order valence-electron chi connectivity index (χ1n) is 7.36. The quantitative estimate of drug-likeness (QED) is 0.857. The van der Waals surface area contributed by atoms with Gasteiger partial charge in [0.2, 0.25) is 0 Å². The first-order chi connectivity index (χ1) is 9.70. The van der Waals surface area contributed by atoms with Gasteiger partial charge in [0.15, 0.2) is 0 Å². The second kappa shape index (κ2) is 7.24. The Hall–Kier alpha value is -1.62. The summed E-state index contributed by atoms with van der Waals surface area (Å²) in [4.78, 5) is 18.8. The SMILES string of the molecule is CCNc1ncccc1C(=O)NCC1CCCN(C)C1. The lowest BCUT2D eigenvalue weighted by molar-refractivity contribution is 0.0937. The van der Waals surface area contributed by atoms with E-state index in [-0.39, 0.29) is 5.91 Å². The van der Waals surface area contributed by atoms with Crippen LogP contribution < -0.4 is 10.6 Å². The molecule has 1 atom stereocenters. The van der Waals surface area contributed by atoms with E-state index in [4.69, 9.17) is 0 Å². The molecule has 2 N–H and O–H groups in total. The molecule has 1 aromatic heterocycles. The van der Waals surface area contributed by atoms with E-state index in [0.29, 0.717) is 17.3 Å². The van der Waals surface area contributed by atoms with Crippen molar-refractivity contribution in [2.45, 2.75) is 19.8 Å². The zero-order valence-corrected chi connectivity index (χ0v) is 12.4. The highest BCUT2D eigenvalue weighted by molar-refractivity contribution is 5.98. The maximum Gasteiger partial charge on any atom is 0.255 e. The number of hydrogen-bond acceptors (Lipinski definition) is 4. The van der Waals surface area contributed by atoms with Gasteiger partial charge in [-0.1, -0.05) is 0 Å². The highest BCUT2D eigenvalue weighted by Crippen LogP contribution is 2.15. The number of pyridine rings is 1.